The van der Waals surface area contributed by atoms with Crippen LogP contribution in [-0.2, 0) is 0 Å². The van der Waals surface area contributed by atoms with Gasteiger partial charge >= 0.3 is 0 Å². The van der Waals surface area contributed by atoms with E-state index in [-0.39, 0.29) is 5.82 Å². The van der Waals surface area contributed by atoms with Crippen molar-refractivity contribution in [2.45, 2.75) is 0 Å². The second kappa shape index (κ2) is 4.81. The second-order valence-electron chi connectivity index (χ2n) is 3.62. The minimum absolute atomic E-state index is 0.236. The maximum absolute atomic E-state index is 12.7. The summed E-state index contributed by atoms with van der Waals surface area (Å²) in [5.41, 5.74) is 0.995. The first-order valence-electron chi connectivity index (χ1n) is 5.44. The predicted molar refractivity (Wildman–Crippen MR) is 64.0 cm³/mol. The highest BCUT2D eigenvalue weighted by atomic mass is 18.2. The Balaban J connectivity index is 1.93. The van der Waals surface area contributed by atoms with Gasteiger partial charge in [0, 0.05) is 6.20 Å². The molecule has 0 saturated carbocycles. The highest BCUT2D eigenvalue weighted by molar-refractivity contribution is 5.50. The molecule has 7 heteroatoms. The van der Waals surface area contributed by atoms with Gasteiger partial charge in [-0.2, -0.15) is 0 Å². The summed E-state index contributed by atoms with van der Waals surface area (Å²) in [4.78, 5) is 7.95. The van der Waals surface area contributed by atoms with E-state index in [4.69, 9.17) is 0 Å². The van der Waals surface area contributed by atoms with Crippen LogP contribution in [-0.4, -0.2) is 30.4 Å². The van der Waals surface area contributed by atoms with Gasteiger partial charge in [-0.15, -0.1) is 20.4 Å². The van der Waals surface area contributed by atoms with Crippen LogP contribution < -0.4 is 0 Å². The maximum atomic E-state index is 12.7. The lowest BCUT2D eigenvalue weighted by Crippen LogP contribution is -2.01. The lowest BCUT2D eigenvalue weighted by Gasteiger charge is -1.99. The van der Waals surface area contributed by atoms with Crippen molar-refractivity contribution in [1.29, 1.82) is 0 Å². The van der Waals surface area contributed by atoms with Crippen LogP contribution in [0.5, 0.6) is 0 Å². The molecule has 0 spiro atoms. The third kappa shape index (κ3) is 2.39. The summed E-state index contributed by atoms with van der Waals surface area (Å²) in [6.07, 6.45) is 2.72. The van der Waals surface area contributed by atoms with Gasteiger partial charge in [-0.1, -0.05) is 6.07 Å². The number of nitrogens with zero attached hydrogens (tertiary/aromatic N) is 6. The van der Waals surface area contributed by atoms with Crippen molar-refractivity contribution in [3.63, 3.8) is 0 Å². The van der Waals surface area contributed by atoms with Crippen molar-refractivity contribution in [2.24, 2.45) is 0 Å². The molecule has 0 atom stereocenters. The second-order valence-corrected chi connectivity index (χ2v) is 3.62. The fourth-order valence-electron chi connectivity index (χ4n) is 1.44. The van der Waals surface area contributed by atoms with E-state index >= 15 is 0 Å². The Morgan fingerprint density at radius 1 is 0.737 bits per heavy atom. The van der Waals surface area contributed by atoms with Crippen LogP contribution in [0.3, 0.4) is 0 Å². The van der Waals surface area contributed by atoms with Crippen molar-refractivity contribution in [2.75, 3.05) is 0 Å². The minimum Gasteiger partial charge on any atom is -0.253 e. The molecule has 0 radical (unpaired) electrons. The molecule has 0 amide bonds. The van der Waals surface area contributed by atoms with Crippen molar-refractivity contribution >= 4 is 0 Å². The van der Waals surface area contributed by atoms with Crippen LogP contribution >= 0.6 is 0 Å². The number of halogens is 1. The van der Waals surface area contributed by atoms with E-state index in [0.29, 0.717) is 17.2 Å². The van der Waals surface area contributed by atoms with E-state index < -0.39 is 5.82 Å². The first-order chi connectivity index (χ1) is 9.33. The van der Waals surface area contributed by atoms with E-state index in [1.807, 2.05) is 6.07 Å². The largest absolute Gasteiger partial charge is 0.253 e. The van der Waals surface area contributed by atoms with Crippen LogP contribution in [0.2, 0.25) is 0 Å². The fraction of sp³-hybridized carbons (Fsp3) is 0. The summed E-state index contributed by atoms with van der Waals surface area (Å²) >= 11 is 0. The van der Waals surface area contributed by atoms with Crippen LogP contribution in [0.15, 0.2) is 42.7 Å². The minimum atomic E-state index is -0.422. The average Bonchev–Trinajstić information content (AvgIpc) is 2.49. The van der Waals surface area contributed by atoms with Crippen LogP contribution in [0.4, 0.5) is 4.39 Å². The Morgan fingerprint density at radius 2 is 1.42 bits per heavy atom. The van der Waals surface area contributed by atoms with Crippen LogP contribution in [0.25, 0.3) is 23.0 Å². The molecule has 0 unspecified atom stereocenters. The molecule has 3 heterocycles. The van der Waals surface area contributed by atoms with E-state index in [9.17, 15) is 4.39 Å². The van der Waals surface area contributed by atoms with Gasteiger partial charge in [0.15, 0.2) is 0 Å². The zero-order valence-corrected chi connectivity index (χ0v) is 9.60. The molecule has 19 heavy (non-hydrogen) atoms. The van der Waals surface area contributed by atoms with Gasteiger partial charge in [-0.25, -0.2) is 9.37 Å². The van der Waals surface area contributed by atoms with Gasteiger partial charge in [0.25, 0.3) is 0 Å². The molecular formula is C12H7FN6. The average molecular weight is 253 g/mol. The molecule has 0 N–H and O–H groups in total. The van der Waals surface area contributed by atoms with E-state index in [0.717, 1.165) is 6.20 Å². The Bertz CT molecular complexity index is 669. The SMILES string of the molecule is [18F]c1ccc(-c2nnc(-c3ccccn3)nn2)nc1. The third-order valence-electron chi connectivity index (χ3n) is 2.33. The predicted octanol–water partition coefficient (Wildman–Crippen LogP) is 1.53. The topological polar surface area (TPSA) is 77.3 Å². The number of rotatable bonds is 2. The fourth-order valence-corrected chi connectivity index (χ4v) is 1.44. The molecule has 3 aromatic heterocycles. The van der Waals surface area contributed by atoms with Crippen molar-refractivity contribution in [3.05, 3.63) is 48.5 Å². The van der Waals surface area contributed by atoms with E-state index in [2.05, 4.69) is 30.4 Å². The van der Waals surface area contributed by atoms with Gasteiger partial charge < -0.3 is 0 Å². The highest BCUT2D eigenvalue weighted by Crippen LogP contribution is 2.12. The Labute approximate surface area is 107 Å². The van der Waals surface area contributed by atoms with Gasteiger partial charge in [0.1, 0.15) is 17.2 Å². The summed E-state index contributed by atoms with van der Waals surface area (Å²) in [5, 5.41) is 15.7. The standard InChI is InChI=1S/C12H7FN6/c13-8-4-5-10(15-7-8)12-18-16-11(17-19-12)9-3-1-2-6-14-9/h1-7H/i13-1. The first kappa shape index (κ1) is 11.3. The molecule has 0 aromatic carbocycles. The smallest absolute Gasteiger partial charge is 0.221 e. The quantitative estimate of drug-likeness (QED) is 0.689. The summed E-state index contributed by atoms with van der Waals surface area (Å²) in [6.45, 7) is 0. The number of hydrogen-bond acceptors (Lipinski definition) is 6. The molecular weight excluding hydrogens is 246 g/mol. The zero-order chi connectivity index (χ0) is 13.1. The molecule has 3 rings (SSSR count). The molecule has 0 saturated heterocycles. The van der Waals surface area contributed by atoms with Gasteiger partial charge in [-0.3, -0.25) is 4.98 Å². The lowest BCUT2D eigenvalue weighted by atomic mass is 10.3. The van der Waals surface area contributed by atoms with Crippen molar-refractivity contribution in [3.8, 4) is 23.0 Å². The number of aromatic nitrogens is 6. The summed E-state index contributed by atoms with van der Waals surface area (Å²) in [6, 6.07) is 8.11. The van der Waals surface area contributed by atoms with Gasteiger partial charge in [0.2, 0.25) is 11.6 Å². The summed E-state index contributed by atoms with van der Waals surface area (Å²) in [7, 11) is 0. The molecule has 3 aromatic rings. The molecule has 6 nitrogen and oxygen atoms in total. The highest BCUT2D eigenvalue weighted by Gasteiger charge is 2.07. The van der Waals surface area contributed by atoms with Crippen molar-refractivity contribution < 1.29 is 4.39 Å². The summed E-state index contributed by atoms with van der Waals surface area (Å²) in [5.74, 6) is 0.140. The van der Waals surface area contributed by atoms with Crippen LogP contribution in [0, 0.1) is 5.82 Å². The molecule has 0 bridgehead atoms. The zero-order valence-electron chi connectivity index (χ0n) is 9.60. The lowest BCUT2D eigenvalue weighted by molar-refractivity contribution is 0.621. The molecule has 0 aliphatic rings. The first-order valence-corrected chi connectivity index (χ1v) is 5.44. The number of pyridine rings is 2. The third-order valence-corrected chi connectivity index (χ3v) is 2.33. The van der Waals surface area contributed by atoms with Gasteiger partial charge in [0.05, 0.1) is 6.20 Å². The van der Waals surface area contributed by atoms with E-state index in [1.165, 1.54) is 12.1 Å². The van der Waals surface area contributed by atoms with Crippen LogP contribution in [0.1, 0.15) is 0 Å². The number of hydrogen-bond donors (Lipinski definition) is 0. The van der Waals surface area contributed by atoms with Gasteiger partial charge in [-0.05, 0) is 24.3 Å². The molecule has 92 valence electrons. The normalized spacial score (nSPS) is 10.4. The molecule has 0 fully saturated rings. The Hall–Kier alpha value is -2.83. The summed E-state index contributed by atoms with van der Waals surface area (Å²) < 4.78 is 12.7. The molecule has 0 aliphatic heterocycles. The Morgan fingerprint density at radius 3 is 1.95 bits per heavy atom. The molecule has 0 aliphatic carbocycles. The monoisotopic (exact) mass is 253 g/mol. The van der Waals surface area contributed by atoms with Crippen molar-refractivity contribution in [1.82, 2.24) is 30.4 Å². The Kier molecular flexibility index (Phi) is 2.85. The maximum Gasteiger partial charge on any atom is 0.221 e. The van der Waals surface area contributed by atoms with E-state index in [1.54, 1.807) is 18.3 Å².